The lowest BCUT2D eigenvalue weighted by Crippen LogP contribution is -2.18. The van der Waals surface area contributed by atoms with E-state index in [1.807, 2.05) is 13.0 Å². The van der Waals surface area contributed by atoms with Gasteiger partial charge in [0.1, 0.15) is 6.07 Å². The fourth-order valence-corrected chi connectivity index (χ4v) is 1.15. The summed E-state index contributed by atoms with van der Waals surface area (Å²) in [7, 11) is 0. The zero-order valence-electron chi connectivity index (χ0n) is 8.32. The summed E-state index contributed by atoms with van der Waals surface area (Å²) in [5, 5.41) is 11.9. The van der Waals surface area contributed by atoms with Crippen LogP contribution in [0.5, 0.6) is 0 Å². The summed E-state index contributed by atoms with van der Waals surface area (Å²) in [4.78, 5) is 3.91. The van der Waals surface area contributed by atoms with Gasteiger partial charge in [-0.3, -0.25) is 0 Å². The summed E-state index contributed by atoms with van der Waals surface area (Å²) in [6.45, 7) is 8.32. The molecule has 1 rings (SSSR count). The molecule has 1 aromatic heterocycles. The molecule has 4 nitrogen and oxygen atoms in total. The Kier molecular flexibility index (Phi) is 3.89. The first-order valence-corrected chi connectivity index (χ1v) is 4.56. The van der Waals surface area contributed by atoms with Crippen LogP contribution in [-0.4, -0.2) is 22.6 Å². The Labute approximate surface area is 83.9 Å². The summed E-state index contributed by atoms with van der Waals surface area (Å²) in [5.41, 5.74) is 1.04. The Balaban J connectivity index is 2.52. The van der Waals surface area contributed by atoms with Gasteiger partial charge in [-0.2, -0.15) is 5.26 Å². The van der Waals surface area contributed by atoms with Crippen molar-refractivity contribution >= 4 is 0 Å². The second-order valence-electron chi connectivity index (χ2n) is 3.02. The molecule has 0 aliphatic heterocycles. The van der Waals surface area contributed by atoms with Crippen LogP contribution in [0.15, 0.2) is 24.5 Å². The lowest BCUT2D eigenvalue weighted by molar-refractivity contribution is 0.698. The van der Waals surface area contributed by atoms with E-state index < -0.39 is 0 Å². The first-order chi connectivity index (χ1) is 6.77. The predicted octanol–water partition coefficient (Wildman–Crippen LogP) is 0.920. The molecule has 74 valence electrons. The Morgan fingerprint density at radius 1 is 1.79 bits per heavy atom. The number of aromatic nitrogens is 2. The Hall–Kier alpha value is -1.60. The van der Waals surface area contributed by atoms with E-state index in [9.17, 15) is 0 Å². The minimum Gasteiger partial charge on any atom is -0.319 e. The molecule has 0 aliphatic rings. The van der Waals surface area contributed by atoms with Gasteiger partial charge in [0, 0.05) is 25.5 Å². The molecular weight excluding hydrogens is 176 g/mol. The summed E-state index contributed by atoms with van der Waals surface area (Å²) in [5.74, 6) is 0.433. The van der Waals surface area contributed by atoms with Crippen LogP contribution in [0.1, 0.15) is 12.7 Å². The minimum absolute atomic E-state index is 0.433. The topological polar surface area (TPSA) is 53.6 Å². The fraction of sp³-hybridized carbons (Fsp3) is 0.400. The largest absolute Gasteiger partial charge is 0.319 e. The second kappa shape index (κ2) is 5.20. The molecule has 0 radical (unpaired) electrons. The van der Waals surface area contributed by atoms with Crippen LogP contribution in [0.25, 0.3) is 0 Å². The normalized spacial score (nSPS) is 9.71. The molecule has 1 heterocycles. The first-order valence-electron chi connectivity index (χ1n) is 4.56. The van der Waals surface area contributed by atoms with Crippen LogP contribution in [0.3, 0.4) is 0 Å². The van der Waals surface area contributed by atoms with Gasteiger partial charge in [-0.25, -0.2) is 4.98 Å². The van der Waals surface area contributed by atoms with E-state index in [-0.39, 0.29) is 0 Å². The van der Waals surface area contributed by atoms with Gasteiger partial charge < -0.3 is 9.88 Å². The third-order valence-electron chi connectivity index (χ3n) is 1.83. The molecule has 4 heteroatoms. The molecule has 0 aliphatic carbocycles. The van der Waals surface area contributed by atoms with Crippen LogP contribution in [0, 0.1) is 11.3 Å². The van der Waals surface area contributed by atoms with Crippen molar-refractivity contribution in [1.29, 1.82) is 5.26 Å². The van der Waals surface area contributed by atoms with Crippen LogP contribution < -0.4 is 5.32 Å². The number of nitrogens with one attached hydrogen (secondary N) is 1. The summed E-state index contributed by atoms with van der Waals surface area (Å²) in [6, 6.07) is 2.03. The zero-order valence-corrected chi connectivity index (χ0v) is 8.32. The van der Waals surface area contributed by atoms with Crippen LogP contribution in [-0.2, 0) is 6.54 Å². The standard InChI is InChI=1S/C10H14N4/c1-3-12-7-9(2)8-14-5-4-13-10(14)6-11/h4-5,12H,2-3,7-8H2,1H3. The zero-order chi connectivity index (χ0) is 10.4. The molecule has 0 atom stereocenters. The van der Waals surface area contributed by atoms with E-state index in [4.69, 9.17) is 5.26 Å². The molecule has 14 heavy (non-hydrogen) atoms. The maximum absolute atomic E-state index is 8.72. The number of likely N-dealkylation sites (N-methyl/N-ethyl adjacent to an activating group) is 1. The summed E-state index contributed by atoms with van der Waals surface area (Å²) in [6.07, 6.45) is 3.41. The molecule has 1 aromatic rings. The van der Waals surface area contributed by atoms with Crippen molar-refractivity contribution in [3.63, 3.8) is 0 Å². The highest BCUT2D eigenvalue weighted by Crippen LogP contribution is 2.00. The number of rotatable bonds is 5. The van der Waals surface area contributed by atoms with Crippen molar-refractivity contribution in [2.45, 2.75) is 13.5 Å². The number of hydrogen-bond donors (Lipinski definition) is 1. The lowest BCUT2D eigenvalue weighted by atomic mass is 10.3. The van der Waals surface area contributed by atoms with E-state index >= 15 is 0 Å². The highest BCUT2D eigenvalue weighted by atomic mass is 15.1. The predicted molar refractivity (Wildman–Crippen MR) is 54.6 cm³/mol. The maximum atomic E-state index is 8.72. The molecule has 0 spiro atoms. The number of nitriles is 1. The third-order valence-corrected chi connectivity index (χ3v) is 1.83. The fourth-order valence-electron chi connectivity index (χ4n) is 1.15. The van der Waals surface area contributed by atoms with Gasteiger partial charge in [0.05, 0.1) is 0 Å². The molecule has 0 amide bonds. The van der Waals surface area contributed by atoms with E-state index in [0.29, 0.717) is 12.4 Å². The van der Waals surface area contributed by atoms with Crippen molar-refractivity contribution in [2.24, 2.45) is 0 Å². The van der Waals surface area contributed by atoms with Gasteiger partial charge in [0.2, 0.25) is 5.82 Å². The number of nitrogens with zero attached hydrogens (tertiary/aromatic N) is 3. The van der Waals surface area contributed by atoms with Gasteiger partial charge in [-0.15, -0.1) is 0 Å². The van der Waals surface area contributed by atoms with Crippen LogP contribution >= 0.6 is 0 Å². The Morgan fingerprint density at radius 3 is 3.21 bits per heavy atom. The minimum atomic E-state index is 0.433. The molecule has 0 saturated heterocycles. The van der Waals surface area contributed by atoms with Gasteiger partial charge in [-0.05, 0) is 12.1 Å². The van der Waals surface area contributed by atoms with Crippen molar-refractivity contribution in [1.82, 2.24) is 14.9 Å². The van der Waals surface area contributed by atoms with Gasteiger partial charge >= 0.3 is 0 Å². The highest BCUT2D eigenvalue weighted by Gasteiger charge is 2.01. The van der Waals surface area contributed by atoms with Crippen molar-refractivity contribution in [3.05, 3.63) is 30.4 Å². The van der Waals surface area contributed by atoms with Gasteiger partial charge in [-0.1, -0.05) is 13.5 Å². The highest BCUT2D eigenvalue weighted by molar-refractivity contribution is 5.13. The maximum Gasteiger partial charge on any atom is 0.213 e. The van der Waals surface area contributed by atoms with E-state index in [0.717, 1.165) is 18.7 Å². The Morgan fingerprint density at radius 2 is 2.57 bits per heavy atom. The quantitative estimate of drug-likeness (QED) is 0.702. The average Bonchev–Trinajstić information content (AvgIpc) is 2.62. The van der Waals surface area contributed by atoms with Crippen LogP contribution in [0.4, 0.5) is 0 Å². The smallest absolute Gasteiger partial charge is 0.213 e. The number of hydrogen-bond acceptors (Lipinski definition) is 3. The SMILES string of the molecule is C=C(CNCC)Cn1ccnc1C#N. The van der Waals surface area contributed by atoms with E-state index in [1.54, 1.807) is 17.0 Å². The molecular formula is C10H14N4. The molecule has 0 bridgehead atoms. The monoisotopic (exact) mass is 190 g/mol. The average molecular weight is 190 g/mol. The molecule has 0 saturated carbocycles. The lowest BCUT2D eigenvalue weighted by Gasteiger charge is -2.07. The van der Waals surface area contributed by atoms with Gasteiger partial charge in [0.25, 0.3) is 0 Å². The number of imidazole rings is 1. The third kappa shape index (κ3) is 2.71. The van der Waals surface area contributed by atoms with Crippen molar-refractivity contribution in [2.75, 3.05) is 13.1 Å². The van der Waals surface area contributed by atoms with Crippen molar-refractivity contribution < 1.29 is 0 Å². The molecule has 0 fully saturated rings. The van der Waals surface area contributed by atoms with E-state index in [2.05, 4.69) is 16.9 Å². The van der Waals surface area contributed by atoms with Crippen molar-refractivity contribution in [3.8, 4) is 6.07 Å². The Bertz CT molecular complexity index is 345. The molecule has 1 N–H and O–H groups in total. The molecule has 0 aromatic carbocycles. The summed E-state index contributed by atoms with van der Waals surface area (Å²) >= 11 is 0. The molecule has 0 unspecified atom stereocenters. The summed E-state index contributed by atoms with van der Waals surface area (Å²) < 4.78 is 1.79. The van der Waals surface area contributed by atoms with E-state index in [1.165, 1.54) is 0 Å². The van der Waals surface area contributed by atoms with Crippen LogP contribution in [0.2, 0.25) is 0 Å². The second-order valence-corrected chi connectivity index (χ2v) is 3.02. The van der Waals surface area contributed by atoms with Gasteiger partial charge in [0.15, 0.2) is 0 Å². The first kappa shape index (κ1) is 10.5.